The Hall–Kier alpha value is -2.35. The largest absolute Gasteiger partial charge is 0.497 e. The van der Waals surface area contributed by atoms with Crippen molar-refractivity contribution in [1.82, 2.24) is 4.90 Å². The van der Waals surface area contributed by atoms with E-state index in [4.69, 9.17) is 21.6 Å². The van der Waals surface area contributed by atoms with Crippen molar-refractivity contribution >= 4 is 11.6 Å². The Morgan fingerprint density at radius 2 is 2.11 bits per heavy atom. The third kappa shape index (κ3) is 2.66. The number of hydrogen-bond acceptors (Lipinski definition) is 4. The third-order valence-electron chi connectivity index (χ3n) is 2.48. The molecule has 1 amide bonds. The van der Waals surface area contributed by atoms with Crippen LogP contribution in [0.4, 0.5) is 5.69 Å². The van der Waals surface area contributed by atoms with E-state index in [0.717, 1.165) is 0 Å². The standard InChI is InChI=1S/C13H16N2O3/c1-5-6-15(2)13(16)10-7-9(17-3)8-11(18-4)12(10)14/h1,7-8H,6,14H2,2-4H3. The summed E-state index contributed by atoms with van der Waals surface area (Å²) in [5.74, 6) is 3.02. The summed E-state index contributed by atoms with van der Waals surface area (Å²) in [5, 5.41) is 0. The lowest BCUT2D eigenvalue weighted by Gasteiger charge is -2.17. The topological polar surface area (TPSA) is 64.8 Å². The number of benzene rings is 1. The van der Waals surface area contributed by atoms with Crippen LogP contribution in [-0.2, 0) is 0 Å². The summed E-state index contributed by atoms with van der Waals surface area (Å²) in [6, 6.07) is 3.18. The second-order valence-corrected chi connectivity index (χ2v) is 3.66. The van der Waals surface area contributed by atoms with E-state index < -0.39 is 0 Å². The predicted molar refractivity (Wildman–Crippen MR) is 69.8 cm³/mol. The number of nitrogens with two attached hydrogens (primary N) is 1. The van der Waals surface area contributed by atoms with Crippen LogP contribution in [0.2, 0.25) is 0 Å². The van der Waals surface area contributed by atoms with Gasteiger partial charge in [0.15, 0.2) is 0 Å². The second kappa shape index (κ2) is 5.82. The number of ether oxygens (including phenoxy) is 2. The van der Waals surface area contributed by atoms with Crippen LogP contribution in [-0.4, -0.2) is 38.6 Å². The molecule has 1 aromatic rings. The van der Waals surface area contributed by atoms with Gasteiger partial charge in [-0.15, -0.1) is 6.42 Å². The molecule has 0 aromatic heterocycles. The molecule has 0 heterocycles. The van der Waals surface area contributed by atoms with Crippen LogP contribution in [0, 0.1) is 12.3 Å². The number of carbonyl (C=O) groups excluding carboxylic acids is 1. The van der Waals surface area contributed by atoms with Crippen LogP contribution in [0.15, 0.2) is 12.1 Å². The molecule has 0 aliphatic carbocycles. The average molecular weight is 248 g/mol. The molecule has 2 N–H and O–H groups in total. The van der Waals surface area contributed by atoms with Gasteiger partial charge in [-0.3, -0.25) is 4.79 Å². The van der Waals surface area contributed by atoms with Crippen molar-refractivity contribution in [3.8, 4) is 23.8 Å². The molecule has 0 saturated carbocycles. The molecule has 0 aliphatic heterocycles. The van der Waals surface area contributed by atoms with Gasteiger partial charge in [0, 0.05) is 13.1 Å². The Labute approximate surface area is 106 Å². The van der Waals surface area contributed by atoms with Crippen LogP contribution in [0.3, 0.4) is 0 Å². The van der Waals surface area contributed by atoms with Gasteiger partial charge >= 0.3 is 0 Å². The number of hydrogen-bond donors (Lipinski definition) is 1. The zero-order chi connectivity index (χ0) is 13.7. The van der Waals surface area contributed by atoms with Crippen LogP contribution < -0.4 is 15.2 Å². The van der Waals surface area contributed by atoms with E-state index >= 15 is 0 Å². The smallest absolute Gasteiger partial charge is 0.256 e. The molecule has 5 nitrogen and oxygen atoms in total. The highest BCUT2D eigenvalue weighted by Crippen LogP contribution is 2.31. The fraction of sp³-hybridized carbons (Fsp3) is 0.308. The minimum Gasteiger partial charge on any atom is -0.497 e. The van der Waals surface area contributed by atoms with E-state index in [0.29, 0.717) is 17.1 Å². The quantitative estimate of drug-likeness (QED) is 0.637. The first-order valence-electron chi connectivity index (χ1n) is 5.25. The van der Waals surface area contributed by atoms with Crippen LogP contribution in [0.5, 0.6) is 11.5 Å². The van der Waals surface area contributed by atoms with Gasteiger partial charge in [-0.2, -0.15) is 0 Å². The van der Waals surface area contributed by atoms with Gasteiger partial charge in [0.2, 0.25) is 0 Å². The lowest BCUT2D eigenvalue weighted by atomic mass is 10.1. The Balaban J connectivity index is 3.23. The van der Waals surface area contributed by atoms with Gasteiger partial charge in [0.1, 0.15) is 11.5 Å². The maximum atomic E-state index is 12.1. The summed E-state index contributed by atoms with van der Waals surface area (Å²) in [6.07, 6.45) is 5.17. The lowest BCUT2D eigenvalue weighted by molar-refractivity contribution is 0.0813. The summed E-state index contributed by atoms with van der Waals surface area (Å²) in [6.45, 7) is 0.206. The van der Waals surface area contributed by atoms with Gasteiger partial charge in [-0.1, -0.05) is 5.92 Å². The van der Waals surface area contributed by atoms with Gasteiger partial charge in [0.05, 0.1) is 32.0 Å². The summed E-state index contributed by atoms with van der Waals surface area (Å²) < 4.78 is 10.2. The number of methoxy groups -OCH3 is 2. The molecule has 0 saturated heterocycles. The fourth-order valence-electron chi connectivity index (χ4n) is 1.48. The van der Waals surface area contributed by atoms with E-state index in [1.54, 1.807) is 19.2 Å². The number of anilines is 1. The van der Waals surface area contributed by atoms with Crippen molar-refractivity contribution < 1.29 is 14.3 Å². The maximum Gasteiger partial charge on any atom is 0.256 e. The summed E-state index contributed by atoms with van der Waals surface area (Å²) in [7, 11) is 4.59. The highest BCUT2D eigenvalue weighted by Gasteiger charge is 2.18. The second-order valence-electron chi connectivity index (χ2n) is 3.66. The van der Waals surface area contributed by atoms with E-state index in [-0.39, 0.29) is 18.1 Å². The van der Waals surface area contributed by atoms with E-state index in [9.17, 15) is 4.79 Å². The first kappa shape index (κ1) is 13.7. The molecule has 0 spiro atoms. The summed E-state index contributed by atoms with van der Waals surface area (Å²) in [4.78, 5) is 13.5. The summed E-state index contributed by atoms with van der Waals surface area (Å²) in [5.41, 5.74) is 6.45. The SMILES string of the molecule is C#CCN(C)C(=O)c1cc(OC)cc(OC)c1N. The zero-order valence-corrected chi connectivity index (χ0v) is 10.7. The molecule has 96 valence electrons. The lowest BCUT2D eigenvalue weighted by Crippen LogP contribution is -2.27. The number of amides is 1. The molecule has 1 aromatic carbocycles. The summed E-state index contributed by atoms with van der Waals surface area (Å²) >= 11 is 0. The minimum absolute atomic E-state index is 0.206. The van der Waals surface area contributed by atoms with Crippen molar-refractivity contribution in [3.05, 3.63) is 17.7 Å². The number of rotatable bonds is 4. The molecule has 0 fully saturated rings. The molecule has 0 aliphatic rings. The van der Waals surface area contributed by atoms with Gasteiger partial charge in [-0.25, -0.2) is 0 Å². The highest BCUT2D eigenvalue weighted by molar-refractivity contribution is 6.00. The van der Waals surface area contributed by atoms with Crippen molar-refractivity contribution in [2.45, 2.75) is 0 Å². The molecular weight excluding hydrogens is 232 g/mol. The Morgan fingerprint density at radius 3 is 2.61 bits per heavy atom. The molecule has 1 rings (SSSR count). The monoisotopic (exact) mass is 248 g/mol. The molecule has 0 radical (unpaired) electrons. The molecular formula is C13H16N2O3. The van der Waals surface area contributed by atoms with E-state index in [1.807, 2.05) is 0 Å². The van der Waals surface area contributed by atoms with Gasteiger partial charge in [-0.05, 0) is 6.07 Å². The zero-order valence-electron chi connectivity index (χ0n) is 10.7. The predicted octanol–water partition coefficient (Wildman–Crippen LogP) is 0.991. The number of nitrogens with zero attached hydrogens (tertiary/aromatic N) is 1. The Morgan fingerprint density at radius 1 is 1.44 bits per heavy atom. The third-order valence-corrected chi connectivity index (χ3v) is 2.48. The molecule has 0 atom stereocenters. The number of terminal acetylenes is 1. The van der Waals surface area contributed by atoms with Crippen LogP contribution in [0.25, 0.3) is 0 Å². The average Bonchev–Trinajstić information content (AvgIpc) is 2.38. The van der Waals surface area contributed by atoms with E-state index in [2.05, 4.69) is 5.92 Å². The van der Waals surface area contributed by atoms with Gasteiger partial charge in [0.25, 0.3) is 5.91 Å². The first-order chi connectivity index (χ1) is 8.54. The number of nitrogen functional groups attached to an aromatic ring is 1. The van der Waals surface area contributed by atoms with Crippen molar-refractivity contribution in [2.75, 3.05) is 33.5 Å². The van der Waals surface area contributed by atoms with Crippen molar-refractivity contribution in [1.29, 1.82) is 0 Å². The van der Waals surface area contributed by atoms with Crippen LogP contribution in [0.1, 0.15) is 10.4 Å². The molecule has 18 heavy (non-hydrogen) atoms. The first-order valence-corrected chi connectivity index (χ1v) is 5.25. The molecule has 5 heteroatoms. The maximum absolute atomic E-state index is 12.1. The molecule has 0 unspecified atom stereocenters. The number of carbonyl (C=O) groups is 1. The van der Waals surface area contributed by atoms with Crippen LogP contribution >= 0.6 is 0 Å². The Kier molecular flexibility index (Phi) is 4.44. The Bertz CT molecular complexity index is 492. The van der Waals surface area contributed by atoms with E-state index in [1.165, 1.54) is 19.1 Å². The minimum atomic E-state index is -0.275. The van der Waals surface area contributed by atoms with Crippen molar-refractivity contribution in [2.24, 2.45) is 0 Å². The fourth-order valence-corrected chi connectivity index (χ4v) is 1.48. The highest BCUT2D eigenvalue weighted by atomic mass is 16.5. The van der Waals surface area contributed by atoms with Crippen molar-refractivity contribution in [3.63, 3.8) is 0 Å². The van der Waals surface area contributed by atoms with Gasteiger partial charge < -0.3 is 20.1 Å². The molecule has 0 bridgehead atoms. The normalized spacial score (nSPS) is 9.44.